The van der Waals surface area contributed by atoms with Gasteiger partial charge in [-0.05, 0) is 93.8 Å². The summed E-state index contributed by atoms with van der Waals surface area (Å²) >= 11 is 2.82. The van der Waals surface area contributed by atoms with Gasteiger partial charge in [-0.25, -0.2) is 4.79 Å². The Balaban J connectivity index is 2.98. The summed E-state index contributed by atoms with van der Waals surface area (Å²) in [5, 5.41) is 29.7. The normalized spacial score (nSPS) is 14.7. The van der Waals surface area contributed by atoms with Crippen molar-refractivity contribution in [3.05, 3.63) is 35.9 Å². The molecular weight excluding hydrogens is 909 g/mol. The molecule has 0 aliphatic heterocycles. The number of carbonyl (C=O) groups excluding carboxylic acids is 9. The maximum atomic E-state index is 13.6. The molecule has 8 atom stereocenters. The van der Waals surface area contributed by atoms with Gasteiger partial charge in [0.2, 0.25) is 53.2 Å². The summed E-state index contributed by atoms with van der Waals surface area (Å²) in [6.45, 7) is 9.35. The lowest BCUT2D eigenvalue weighted by Gasteiger charge is -2.26. The minimum Gasteiger partial charge on any atom is -0.480 e. The van der Waals surface area contributed by atoms with Crippen molar-refractivity contribution in [2.24, 2.45) is 23.3 Å². The number of aliphatic carboxylic acids is 1. The molecule has 0 aliphatic carbocycles. The Morgan fingerprint density at radius 3 is 1.48 bits per heavy atom. The van der Waals surface area contributed by atoms with Crippen LogP contribution in [0.1, 0.15) is 85.6 Å². The van der Waals surface area contributed by atoms with E-state index in [0.717, 1.165) is 5.56 Å². The summed E-state index contributed by atoms with van der Waals surface area (Å²) in [5.74, 6) is -7.08. The van der Waals surface area contributed by atoms with E-state index in [-0.39, 0.29) is 56.8 Å². The van der Waals surface area contributed by atoms with Gasteiger partial charge in [0, 0.05) is 6.42 Å². The zero-order valence-electron chi connectivity index (χ0n) is 39.7. The summed E-state index contributed by atoms with van der Waals surface area (Å²) in [6.07, 6.45) is 3.97. The molecular formula is C44H72N10O11S2. The van der Waals surface area contributed by atoms with Gasteiger partial charge < -0.3 is 59.1 Å². The van der Waals surface area contributed by atoms with Crippen LogP contribution in [0.3, 0.4) is 0 Å². The summed E-state index contributed by atoms with van der Waals surface area (Å²) in [5.41, 5.74) is 12.3. The molecule has 0 spiro atoms. The number of rotatable bonds is 32. The fourth-order valence-corrected chi connectivity index (χ4v) is 7.31. The van der Waals surface area contributed by atoms with Gasteiger partial charge in [0.1, 0.15) is 42.3 Å². The van der Waals surface area contributed by atoms with E-state index < -0.39 is 114 Å². The van der Waals surface area contributed by atoms with Crippen molar-refractivity contribution in [3.63, 3.8) is 0 Å². The van der Waals surface area contributed by atoms with Crippen LogP contribution in [0.4, 0.5) is 0 Å². The predicted octanol–water partition coefficient (Wildman–Crippen LogP) is -0.946. The first-order valence-corrected chi connectivity index (χ1v) is 25.0. The highest BCUT2D eigenvalue weighted by molar-refractivity contribution is 7.98. The van der Waals surface area contributed by atoms with E-state index in [4.69, 9.17) is 11.5 Å². The van der Waals surface area contributed by atoms with Crippen LogP contribution >= 0.6 is 23.5 Å². The fraction of sp³-hybridized carbons (Fsp3) is 0.636. The Kier molecular flexibility index (Phi) is 28.0. The van der Waals surface area contributed by atoms with Crippen LogP contribution in [0.15, 0.2) is 30.3 Å². The Morgan fingerprint density at radius 2 is 0.985 bits per heavy atom. The molecule has 0 aromatic heterocycles. The minimum atomic E-state index is -1.41. The van der Waals surface area contributed by atoms with Gasteiger partial charge in [-0.1, -0.05) is 58.0 Å². The van der Waals surface area contributed by atoms with E-state index in [0.29, 0.717) is 11.5 Å². The number of amides is 9. The summed E-state index contributed by atoms with van der Waals surface area (Å²) in [6, 6.07) is -0.115. The molecule has 0 saturated carbocycles. The van der Waals surface area contributed by atoms with Crippen molar-refractivity contribution < 1.29 is 53.1 Å². The van der Waals surface area contributed by atoms with E-state index in [1.54, 1.807) is 20.1 Å². The average molecular weight is 981 g/mol. The molecule has 0 unspecified atom stereocenters. The van der Waals surface area contributed by atoms with Crippen molar-refractivity contribution in [2.45, 2.75) is 135 Å². The van der Waals surface area contributed by atoms with Crippen LogP contribution in [0.25, 0.3) is 0 Å². The third kappa shape index (κ3) is 24.3. The molecule has 9 amide bonds. The van der Waals surface area contributed by atoms with E-state index in [1.807, 2.05) is 50.4 Å². The number of carbonyl (C=O) groups is 10. The Morgan fingerprint density at radius 1 is 0.552 bits per heavy atom. The molecule has 1 aromatic rings. The van der Waals surface area contributed by atoms with E-state index >= 15 is 0 Å². The predicted molar refractivity (Wildman–Crippen MR) is 257 cm³/mol. The number of primary amides is 1. The molecule has 21 nitrogen and oxygen atoms in total. The molecule has 0 heterocycles. The van der Waals surface area contributed by atoms with Crippen LogP contribution in [-0.2, 0) is 54.4 Å². The van der Waals surface area contributed by atoms with E-state index in [2.05, 4.69) is 42.5 Å². The Labute approximate surface area is 401 Å². The van der Waals surface area contributed by atoms with Crippen molar-refractivity contribution in [3.8, 4) is 0 Å². The van der Waals surface area contributed by atoms with Gasteiger partial charge in [-0.3, -0.25) is 43.2 Å². The molecule has 0 bridgehead atoms. The number of carboxylic acids is 1. The quantitative estimate of drug-likeness (QED) is 0.0415. The van der Waals surface area contributed by atoms with Gasteiger partial charge in [0.15, 0.2) is 0 Å². The SMILES string of the molecule is CSCC[C@H](NC(=O)[C@H](C)NC(=O)CNC(=O)[C@H](CCC(N)=O)NC(=O)[C@H](C)NC(=O)[C@H](CCSC)NC(=O)[C@H](CC(C)C)NC(=O)[C@@H](N)Cc1ccccc1)C(=O)N[C@@H](CC(C)C)C(=O)O. The molecule has 0 saturated heterocycles. The second kappa shape index (κ2) is 31.5. The van der Waals surface area contributed by atoms with E-state index in [1.165, 1.54) is 37.4 Å². The highest BCUT2D eigenvalue weighted by Gasteiger charge is 2.32. The van der Waals surface area contributed by atoms with Gasteiger partial charge in [-0.2, -0.15) is 23.5 Å². The number of nitrogens with one attached hydrogen (secondary N) is 8. The van der Waals surface area contributed by atoms with Crippen molar-refractivity contribution in [1.82, 2.24) is 42.5 Å². The minimum absolute atomic E-state index is 0.0291. The molecule has 67 heavy (non-hydrogen) atoms. The fourth-order valence-electron chi connectivity index (χ4n) is 6.37. The van der Waals surface area contributed by atoms with Crippen molar-refractivity contribution >= 4 is 82.7 Å². The second-order valence-electron chi connectivity index (χ2n) is 17.0. The van der Waals surface area contributed by atoms with Gasteiger partial charge in [0.05, 0.1) is 12.6 Å². The number of hydrogen-bond donors (Lipinski definition) is 11. The van der Waals surface area contributed by atoms with Crippen LogP contribution in [0, 0.1) is 11.8 Å². The molecule has 376 valence electrons. The lowest BCUT2D eigenvalue weighted by Crippen LogP contribution is -2.59. The first-order valence-electron chi connectivity index (χ1n) is 22.2. The van der Waals surface area contributed by atoms with E-state index in [9.17, 15) is 53.1 Å². The topological polar surface area (TPSA) is 339 Å². The smallest absolute Gasteiger partial charge is 0.326 e. The summed E-state index contributed by atoms with van der Waals surface area (Å²) in [4.78, 5) is 129. The zero-order chi connectivity index (χ0) is 50.8. The van der Waals surface area contributed by atoms with Crippen molar-refractivity contribution in [2.75, 3.05) is 30.6 Å². The molecule has 0 fully saturated rings. The van der Waals surface area contributed by atoms with Gasteiger partial charge >= 0.3 is 5.97 Å². The summed E-state index contributed by atoms with van der Waals surface area (Å²) in [7, 11) is 0. The number of carboxylic acid groups (broad SMARTS) is 1. The molecule has 1 rings (SSSR count). The zero-order valence-corrected chi connectivity index (χ0v) is 41.4. The first kappa shape index (κ1) is 59.6. The van der Waals surface area contributed by atoms with Gasteiger partial charge in [0.25, 0.3) is 0 Å². The number of nitrogens with two attached hydrogens (primary N) is 2. The van der Waals surface area contributed by atoms with Crippen LogP contribution in [0.5, 0.6) is 0 Å². The Bertz CT molecular complexity index is 1820. The number of thioether (sulfide) groups is 2. The molecule has 0 radical (unpaired) electrons. The first-order chi connectivity index (χ1) is 31.5. The van der Waals surface area contributed by atoms with Crippen molar-refractivity contribution in [1.29, 1.82) is 0 Å². The largest absolute Gasteiger partial charge is 0.480 e. The van der Waals surface area contributed by atoms with Crippen LogP contribution < -0.4 is 54.0 Å². The van der Waals surface area contributed by atoms with Gasteiger partial charge in [-0.15, -0.1) is 0 Å². The maximum Gasteiger partial charge on any atom is 0.326 e. The number of hydrogen-bond acceptors (Lipinski definition) is 13. The molecule has 23 heteroatoms. The standard InChI is InChI=1S/C44H72N10O11S2/c1-24(2)20-33(53-39(59)29(45)22-28-12-10-9-11-13-28)43(63)52-31(16-18-66-7)41(61)49-27(6)38(58)50-30(14-15-35(46)55)40(60)47-23-36(56)48-26(5)37(57)51-32(17-19-67-8)42(62)54-34(44(64)65)21-25(3)4/h9-13,24-27,29-34H,14-23,45H2,1-8H3,(H2,46,55)(H,47,60)(H,48,56)(H,49,61)(H,50,58)(H,51,57)(H,52,63)(H,53,59)(H,54,62)(H,64,65)/t26-,27-,29-,30-,31-,32-,33-,34-/m0/s1. The average Bonchev–Trinajstić information content (AvgIpc) is 3.25. The third-order valence-electron chi connectivity index (χ3n) is 10.0. The van der Waals surface area contributed by atoms with Crippen LogP contribution in [0.2, 0.25) is 0 Å². The summed E-state index contributed by atoms with van der Waals surface area (Å²) < 4.78 is 0. The van der Waals surface area contributed by atoms with Crippen LogP contribution in [-0.4, -0.2) is 143 Å². The second-order valence-corrected chi connectivity index (χ2v) is 19.0. The third-order valence-corrected chi connectivity index (χ3v) is 11.3. The monoisotopic (exact) mass is 980 g/mol. The highest BCUT2D eigenvalue weighted by Crippen LogP contribution is 2.11. The maximum absolute atomic E-state index is 13.6. The Hall–Kier alpha value is -5.42. The highest BCUT2D eigenvalue weighted by atomic mass is 32.2. The molecule has 13 N–H and O–H groups in total. The number of benzene rings is 1. The molecule has 0 aliphatic rings. The lowest BCUT2D eigenvalue weighted by atomic mass is 10.0. The molecule has 1 aromatic carbocycles. The lowest BCUT2D eigenvalue weighted by molar-refractivity contribution is -0.142.